The average molecular weight is 489 g/mol. The fourth-order valence-electron chi connectivity index (χ4n) is 5.25. The Hall–Kier alpha value is -3.71. The van der Waals surface area contributed by atoms with E-state index in [1.165, 1.54) is 13.2 Å². The highest BCUT2D eigenvalue weighted by atomic mass is 16.3. The smallest absolute Gasteiger partial charge is 0.235 e. The number of hydrogen-bond acceptors (Lipinski definition) is 5. The molecule has 2 amide bonds. The molecule has 0 saturated heterocycles. The van der Waals surface area contributed by atoms with Crippen molar-refractivity contribution in [3.05, 3.63) is 82.8 Å². The molecule has 0 bridgehead atoms. The molecule has 1 heterocycles. The van der Waals surface area contributed by atoms with E-state index in [1.54, 1.807) is 24.3 Å². The third kappa shape index (κ3) is 4.97. The number of furan rings is 1. The molecule has 4 atom stereocenters. The molecule has 7 heteroatoms. The van der Waals surface area contributed by atoms with E-state index in [4.69, 9.17) is 4.42 Å². The summed E-state index contributed by atoms with van der Waals surface area (Å²) in [7, 11) is 0. The summed E-state index contributed by atoms with van der Waals surface area (Å²) < 4.78 is 5.63. The van der Waals surface area contributed by atoms with Crippen LogP contribution in [0.4, 0.5) is 11.4 Å². The van der Waals surface area contributed by atoms with Crippen molar-refractivity contribution in [2.24, 2.45) is 11.8 Å². The first kappa shape index (κ1) is 25.4. The van der Waals surface area contributed by atoms with E-state index in [1.807, 2.05) is 52.0 Å². The zero-order valence-corrected chi connectivity index (χ0v) is 21.2. The molecule has 36 heavy (non-hydrogen) atoms. The Morgan fingerprint density at radius 1 is 0.917 bits per heavy atom. The summed E-state index contributed by atoms with van der Waals surface area (Å²) in [4.78, 5) is 40.6. The molecule has 1 aromatic heterocycles. The van der Waals surface area contributed by atoms with E-state index in [0.29, 0.717) is 17.1 Å². The van der Waals surface area contributed by atoms with Crippen LogP contribution in [0.3, 0.4) is 0 Å². The molecule has 3 aromatic rings. The monoisotopic (exact) mass is 488 g/mol. The maximum absolute atomic E-state index is 13.7. The second kappa shape index (κ2) is 9.74. The van der Waals surface area contributed by atoms with Gasteiger partial charge in [-0.3, -0.25) is 14.4 Å². The van der Waals surface area contributed by atoms with Crippen molar-refractivity contribution < 1.29 is 23.9 Å². The highest BCUT2D eigenvalue weighted by Crippen LogP contribution is 2.47. The molecule has 7 nitrogen and oxygen atoms in total. The third-order valence-corrected chi connectivity index (χ3v) is 6.98. The van der Waals surface area contributed by atoms with Crippen molar-refractivity contribution in [1.82, 2.24) is 0 Å². The molecule has 4 rings (SSSR count). The van der Waals surface area contributed by atoms with Crippen LogP contribution in [0.15, 0.2) is 59.2 Å². The Morgan fingerprint density at radius 2 is 1.47 bits per heavy atom. The van der Waals surface area contributed by atoms with Gasteiger partial charge in [-0.2, -0.15) is 0 Å². The number of ketones is 1. The summed E-state index contributed by atoms with van der Waals surface area (Å²) in [5, 5.41) is 17.1. The molecule has 0 radical (unpaired) electrons. The molecule has 3 N–H and O–H groups in total. The zero-order chi connectivity index (χ0) is 26.2. The lowest BCUT2D eigenvalue weighted by atomic mass is 9.62. The molecule has 0 aliphatic heterocycles. The average Bonchev–Trinajstić information content (AvgIpc) is 3.31. The number of amides is 2. The third-order valence-electron chi connectivity index (χ3n) is 6.98. The number of benzene rings is 2. The van der Waals surface area contributed by atoms with Crippen molar-refractivity contribution in [2.45, 2.75) is 52.6 Å². The highest BCUT2D eigenvalue weighted by Gasteiger charge is 2.57. The van der Waals surface area contributed by atoms with Crippen molar-refractivity contribution in [2.75, 3.05) is 10.6 Å². The van der Waals surface area contributed by atoms with Crippen LogP contribution in [0, 0.1) is 39.5 Å². The SMILES string of the molecule is Cc1ccc(NC(=O)C2C(=O)CC(C)(O)C(C(=O)Nc3ccc(C)cc3C)C2c2ccco2)c(C)c1. The first-order valence-corrected chi connectivity index (χ1v) is 12.0. The van der Waals surface area contributed by atoms with E-state index in [-0.39, 0.29) is 6.42 Å². The Bertz CT molecular complexity index is 1310. The second-order valence-electron chi connectivity index (χ2n) is 10.1. The summed E-state index contributed by atoms with van der Waals surface area (Å²) in [6, 6.07) is 14.5. The number of anilines is 2. The summed E-state index contributed by atoms with van der Waals surface area (Å²) in [5.41, 5.74) is 3.33. The molecule has 188 valence electrons. The van der Waals surface area contributed by atoms with Gasteiger partial charge >= 0.3 is 0 Å². The minimum absolute atomic E-state index is 0.296. The molecular weight excluding hydrogens is 456 g/mol. The van der Waals surface area contributed by atoms with Crippen molar-refractivity contribution in [3.8, 4) is 0 Å². The largest absolute Gasteiger partial charge is 0.469 e. The maximum atomic E-state index is 13.7. The summed E-state index contributed by atoms with van der Waals surface area (Å²) in [6.45, 7) is 9.14. The van der Waals surface area contributed by atoms with Crippen LogP contribution in [0.1, 0.15) is 47.3 Å². The Labute approximate surface area is 210 Å². The molecule has 4 unspecified atom stereocenters. The zero-order valence-electron chi connectivity index (χ0n) is 21.2. The lowest BCUT2D eigenvalue weighted by Crippen LogP contribution is -2.56. The Morgan fingerprint density at radius 3 is 1.97 bits per heavy atom. The topological polar surface area (TPSA) is 109 Å². The molecule has 1 aliphatic carbocycles. The van der Waals surface area contributed by atoms with Gasteiger partial charge in [0.15, 0.2) is 0 Å². The van der Waals surface area contributed by atoms with Crippen LogP contribution in [0.2, 0.25) is 0 Å². The van der Waals surface area contributed by atoms with Crippen LogP contribution < -0.4 is 10.6 Å². The van der Waals surface area contributed by atoms with E-state index in [9.17, 15) is 19.5 Å². The van der Waals surface area contributed by atoms with Crippen LogP contribution >= 0.6 is 0 Å². The van der Waals surface area contributed by atoms with Gasteiger partial charge in [0.2, 0.25) is 11.8 Å². The van der Waals surface area contributed by atoms with Gasteiger partial charge in [-0.25, -0.2) is 0 Å². The lowest BCUT2D eigenvalue weighted by Gasteiger charge is -2.43. The molecule has 1 aliphatic rings. The summed E-state index contributed by atoms with van der Waals surface area (Å²) >= 11 is 0. The molecular formula is C29H32N2O5. The van der Waals surface area contributed by atoms with Gasteiger partial charge in [0.25, 0.3) is 0 Å². The standard InChI is InChI=1S/C29H32N2O5/c1-16-8-10-20(18(3)13-16)30-27(33)24-22(32)15-29(5,35)26(25(24)23-7-6-12-36-23)28(34)31-21-11-9-17(2)14-19(21)4/h6-14,24-26,35H,15H2,1-5H3,(H,30,33)(H,31,34). The molecule has 2 aromatic carbocycles. The fourth-order valence-corrected chi connectivity index (χ4v) is 5.25. The Kier molecular flexibility index (Phi) is 6.87. The van der Waals surface area contributed by atoms with E-state index < -0.39 is 41.0 Å². The minimum Gasteiger partial charge on any atom is -0.469 e. The first-order valence-electron chi connectivity index (χ1n) is 12.0. The highest BCUT2D eigenvalue weighted by molar-refractivity contribution is 6.10. The van der Waals surface area contributed by atoms with Gasteiger partial charge in [0, 0.05) is 17.8 Å². The number of aliphatic hydroxyl groups is 1. The van der Waals surface area contributed by atoms with Crippen LogP contribution in [0.5, 0.6) is 0 Å². The van der Waals surface area contributed by atoms with Crippen LogP contribution in [-0.4, -0.2) is 28.3 Å². The van der Waals surface area contributed by atoms with Crippen LogP contribution in [-0.2, 0) is 14.4 Å². The predicted molar refractivity (Wildman–Crippen MR) is 138 cm³/mol. The number of carbonyl (C=O) groups excluding carboxylic acids is 3. The number of aryl methyl sites for hydroxylation is 4. The number of nitrogens with one attached hydrogen (secondary N) is 2. The molecule has 1 saturated carbocycles. The number of rotatable bonds is 5. The number of Topliss-reactive ketones (excluding diaryl/α,β-unsaturated/α-hetero) is 1. The van der Waals surface area contributed by atoms with Crippen molar-refractivity contribution in [1.29, 1.82) is 0 Å². The molecule has 0 spiro atoms. The minimum atomic E-state index is -1.69. The predicted octanol–water partition coefficient (Wildman–Crippen LogP) is 4.83. The van der Waals surface area contributed by atoms with Gasteiger partial charge in [-0.15, -0.1) is 0 Å². The van der Waals surface area contributed by atoms with Crippen molar-refractivity contribution in [3.63, 3.8) is 0 Å². The van der Waals surface area contributed by atoms with Gasteiger partial charge in [-0.1, -0.05) is 35.4 Å². The van der Waals surface area contributed by atoms with Gasteiger partial charge in [-0.05, 0) is 70.0 Å². The van der Waals surface area contributed by atoms with Crippen molar-refractivity contribution >= 4 is 29.0 Å². The normalized spacial score (nSPS) is 23.8. The second-order valence-corrected chi connectivity index (χ2v) is 10.1. The lowest BCUT2D eigenvalue weighted by molar-refractivity contribution is -0.151. The number of hydrogen-bond donors (Lipinski definition) is 3. The Balaban J connectivity index is 1.73. The van der Waals surface area contributed by atoms with Gasteiger partial charge < -0.3 is 20.2 Å². The maximum Gasteiger partial charge on any atom is 0.235 e. The van der Waals surface area contributed by atoms with E-state index in [2.05, 4.69) is 10.6 Å². The molecule has 1 fully saturated rings. The van der Waals surface area contributed by atoms with E-state index in [0.717, 1.165) is 22.3 Å². The fraction of sp³-hybridized carbons (Fsp3) is 0.345. The summed E-state index contributed by atoms with van der Waals surface area (Å²) in [6.07, 6.45) is 1.10. The van der Waals surface area contributed by atoms with Gasteiger partial charge in [0.05, 0.1) is 23.7 Å². The number of carbonyl (C=O) groups is 3. The van der Waals surface area contributed by atoms with Gasteiger partial charge in [0.1, 0.15) is 17.5 Å². The quantitative estimate of drug-likeness (QED) is 0.446. The van der Waals surface area contributed by atoms with Crippen LogP contribution in [0.25, 0.3) is 0 Å². The first-order chi connectivity index (χ1) is 17.0. The summed E-state index contributed by atoms with van der Waals surface area (Å²) in [5.74, 6) is -4.49. The van der Waals surface area contributed by atoms with E-state index >= 15 is 0 Å².